The third-order valence-electron chi connectivity index (χ3n) is 3.46. The summed E-state index contributed by atoms with van der Waals surface area (Å²) in [5, 5.41) is 0. The molecule has 1 aliphatic heterocycles. The smallest absolute Gasteiger partial charge is 0.410 e. The molecule has 0 aromatic heterocycles. The molecule has 0 unspecified atom stereocenters. The number of hydrogen-bond donors (Lipinski definition) is 1. The third-order valence-corrected chi connectivity index (χ3v) is 3.46. The standard InChI is InChI=1S/C16H24N2O2/c1-16(2,3)20-15(19)18-10-9-13(17)11-14(18)12-7-5-4-6-8-12/h4-8,13-14H,9-11,17H2,1-3H3/t13-,14+/m0/s1. The van der Waals surface area contributed by atoms with Crippen LogP contribution in [0.3, 0.4) is 0 Å². The number of piperidine rings is 1. The van der Waals surface area contributed by atoms with Gasteiger partial charge < -0.3 is 15.4 Å². The molecule has 1 aromatic carbocycles. The summed E-state index contributed by atoms with van der Waals surface area (Å²) in [5.74, 6) is 0. The van der Waals surface area contributed by atoms with Gasteiger partial charge in [0, 0.05) is 12.6 Å². The Balaban J connectivity index is 2.19. The zero-order valence-corrected chi connectivity index (χ0v) is 12.5. The maximum atomic E-state index is 12.4. The van der Waals surface area contributed by atoms with Crippen LogP contribution >= 0.6 is 0 Å². The summed E-state index contributed by atoms with van der Waals surface area (Å²) in [6.07, 6.45) is 1.35. The van der Waals surface area contributed by atoms with Crippen molar-refractivity contribution in [3.63, 3.8) is 0 Å². The van der Waals surface area contributed by atoms with Crippen LogP contribution in [0, 0.1) is 0 Å². The molecule has 1 saturated heterocycles. The second-order valence-corrected chi connectivity index (χ2v) is 6.38. The van der Waals surface area contributed by atoms with Gasteiger partial charge in [0.25, 0.3) is 0 Å². The van der Waals surface area contributed by atoms with Crippen molar-refractivity contribution in [3.8, 4) is 0 Å². The normalized spacial score (nSPS) is 23.5. The minimum atomic E-state index is -0.474. The second-order valence-electron chi connectivity index (χ2n) is 6.38. The number of nitrogens with zero attached hydrogens (tertiary/aromatic N) is 1. The number of ether oxygens (including phenoxy) is 1. The van der Waals surface area contributed by atoms with Gasteiger partial charge >= 0.3 is 6.09 Å². The van der Waals surface area contributed by atoms with Crippen LogP contribution in [0.1, 0.15) is 45.2 Å². The monoisotopic (exact) mass is 276 g/mol. The predicted octanol–water partition coefficient (Wildman–Crippen LogP) is 3.09. The number of rotatable bonds is 1. The number of hydrogen-bond acceptors (Lipinski definition) is 3. The Morgan fingerprint density at radius 3 is 2.55 bits per heavy atom. The summed E-state index contributed by atoms with van der Waals surface area (Å²) in [4.78, 5) is 14.2. The van der Waals surface area contributed by atoms with Gasteiger partial charge in [-0.3, -0.25) is 0 Å². The molecule has 20 heavy (non-hydrogen) atoms. The van der Waals surface area contributed by atoms with Crippen molar-refractivity contribution in [3.05, 3.63) is 35.9 Å². The van der Waals surface area contributed by atoms with Gasteiger partial charge in [0.05, 0.1) is 6.04 Å². The molecule has 1 aliphatic rings. The van der Waals surface area contributed by atoms with Gasteiger partial charge in [-0.05, 0) is 39.2 Å². The Kier molecular flexibility index (Phi) is 4.33. The Morgan fingerprint density at radius 1 is 1.30 bits per heavy atom. The van der Waals surface area contributed by atoms with E-state index in [2.05, 4.69) is 0 Å². The largest absolute Gasteiger partial charge is 0.444 e. The van der Waals surface area contributed by atoms with E-state index in [1.54, 1.807) is 0 Å². The molecule has 0 radical (unpaired) electrons. The molecular weight excluding hydrogens is 252 g/mol. The summed E-state index contributed by atoms with van der Waals surface area (Å²) in [6.45, 7) is 6.31. The van der Waals surface area contributed by atoms with E-state index >= 15 is 0 Å². The van der Waals surface area contributed by atoms with Crippen LogP contribution in [-0.4, -0.2) is 29.2 Å². The first kappa shape index (κ1) is 14.9. The van der Waals surface area contributed by atoms with Gasteiger partial charge in [-0.25, -0.2) is 4.79 Å². The first-order chi connectivity index (χ1) is 9.37. The number of carbonyl (C=O) groups is 1. The van der Waals surface area contributed by atoms with E-state index in [1.165, 1.54) is 0 Å². The lowest BCUT2D eigenvalue weighted by Gasteiger charge is -2.39. The fourth-order valence-corrected chi connectivity index (χ4v) is 2.52. The van der Waals surface area contributed by atoms with Crippen molar-refractivity contribution in [1.29, 1.82) is 0 Å². The molecule has 1 aromatic rings. The van der Waals surface area contributed by atoms with Crippen LogP contribution in [-0.2, 0) is 4.74 Å². The molecule has 110 valence electrons. The number of nitrogens with two attached hydrogens (primary N) is 1. The lowest BCUT2D eigenvalue weighted by Crippen LogP contribution is -2.46. The van der Waals surface area contributed by atoms with Crippen LogP contribution < -0.4 is 5.73 Å². The minimum Gasteiger partial charge on any atom is -0.444 e. The van der Waals surface area contributed by atoms with Crippen molar-refractivity contribution in [2.24, 2.45) is 5.73 Å². The predicted molar refractivity (Wildman–Crippen MR) is 79.3 cm³/mol. The highest BCUT2D eigenvalue weighted by Crippen LogP contribution is 2.31. The maximum absolute atomic E-state index is 12.4. The number of benzene rings is 1. The van der Waals surface area contributed by atoms with Gasteiger partial charge in [0.15, 0.2) is 0 Å². The first-order valence-corrected chi connectivity index (χ1v) is 7.17. The van der Waals surface area contributed by atoms with Crippen LogP contribution in [0.5, 0.6) is 0 Å². The van der Waals surface area contributed by atoms with Crippen molar-refractivity contribution in [1.82, 2.24) is 4.90 Å². The molecule has 0 aliphatic carbocycles. The highest BCUT2D eigenvalue weighted by atomic mass is 16.6. The summed E-state index contributed by atoms with van der Waals surface area (Å²) in [7, 11) is 0. The van der Waals surface area contributed by atoms with Crippen molar-refractivity contribution in [2.45, 2.75) is 51.3 Å². The van der Waals surface area contributed by atoms with Crippen molar-refractivity contribution >= 4 is 6.09 Å². The van der Waals surface area contributed by atoms with Gasteiger partial charge in [0.2, 0.25) is 0 Å². The van der Waals surface area contributed by atoms with E-state index in [-0.39, 0.29) is 18.2 Å². The lowest BCUT2D eigenvalue weighted by atomic mass is 9.92. The maximum Gasteiger partial charge on any atom is 0.410 e. The molecule has 1 fully saturated rings. The summed E-state index contributed by atoms with van der Waals surface area (Å²) < 4.78 is 5.51. The summed E-state index contributed by atoms with van der Waals surface area (Å²) in [6, 6.07) is 10.2. The SMILES string of the molecule is CC(C)(C)OC(=O)N1CC[C@H](N)C[C@@H]1c1ccccc1. The molecule has 2 rings (SSSR count). The molecule has 2 N–H and O–H groups in total. The molecule has 4 heteroatoms. The molecule has 1 amide bonds. The summed E-state index contributed by atoms with van der Waals surface area (Å²) >= 11 is 0. The molecule has 0 saturated carbocycles. The number of likely N-dealkylation sites (tertiary alicyclic amines) is 1. The van der Waals surface area contributed by atoms with E-state index in [4.69, 9.17) is 10.5 Å². The number of amides is 1. The van der Waals surface area contributed by atoms with Gasteiger partial charge in [-0.1, -0.05) is 30.3 Å². The highest BCUT2D eigenvalue weighted by Gasteiger charge is 2.33. The zero-order valence-electron chi connectivity index (χ0n) is 12.5. The van der Waals surface area contributed by atoms with Crippen LogP contribution in [0.2, 0.25) is 0 Å². The van der Waals surface area contributed by atoms with E-state index < -0.39 is 5.60 Å². The van der Waals surface area contributed by atoms with E-state index in [0.29, 0.717) is 6.54 Å². The van der Waals surface area contributed by atoms with E-state index in [0.717, 1.165) is 18.4 Å². The molecule has 1 heterocycles. The van der Waals surface area contributed by atoms with Crippen molar-refractivity contribution < 1.29 is 9.53 Å². The molecular formula is C16H24N2O2. The van der Waals surface area contributed by atoms with Gasteiger partial charge in [-0.2, -0.15) is 0 Å². The fraction of sp³-hybridized carbons (Fsp3) is 0.562. The molecule has 4 nitrogen and oxygen atoms in total. The highest BCUT2D eigenvalue weighted by molar-refractivity contribution is 5.69. The van der Waals surface area contributed by atoms with E-state index in [9.17, 15) is 4.79 Å². The van der Waals surface area contributed by atoms with E-state index in [1.807, 2.05) is 56.0 Å². The van der Waals surface area contributed by atoms with Crippen LogP contribution in [0.4, 0.5) is 4.79 Å². The Bertz CT molecular complexity index is 453. The quantitative estimate of drug-likeness (QED) is 0.857. The molecule has 0 bridgehead atoms. The topological polar surface area (TPSA) is 55.6 Å². The summed E-state index contributed by atoms with van der Waals surface area (Å²) in [5.41, 5.74) is 6.72. The van der Waals surface area contributed by atoms with Gasteiger partial charge in [-0.15, -0.1) is 0 Å². The molecule has 2 atom stereocenters. The van der Waals surface area contributed by atoms with Crippen LogP contribution in [0.25, 0.3) is 0 Å². The Morgan fingerprint density at radius 2 is 1.95 bits per heavy atom. The fourth-order valence-electron chi connectivity index (χ4n) is 2.52. The van der Waals surface area contributed by atoms with Crippen molar-refractivity contribution in [2.75, 3.05) is 6.54 Å². The average molecular weight is 276 g/mol. The second kappa shape index (κ2) is 5.83. The third kappa shape index (κ3) is 3.73. The average Bonchev–Trinajstić information content (AvgIpc) is 2.37. The van der Waals surface area contributed by atoms with Crippen LogP contribution in [0.15, 0.2) is 30.3 Å². The van der Waals surface area contributed by atoms with Gasteiger partial charge in [0.1, 0.15) is 5.60 Å². The lowest BCUT2D eigenvalue weighted by molar-refractivity contribution is 0.00797. The number of carbonyl (C=O) groups excluding carboxylic acids is 1. The zero-order chi connectivity index (χ0) is 14.8. The molecule has 0 spiro atoms. The first-order valence-electron chi connectivity index (χ1n) is 7.17. The minimum absolute atomic E-state index is 0.00907. The Labute approximate surface area is 120 Å². The Hall–Kier alpha value is -1.55.